The van der Waals surface area contributed by atoms with Crippen molar-refractivity contribution in [1.82, 2.24) is 10.3 Å². The number of nitrogens with zero attached hydrogens (tertiary/aromatic N) is 1. The third-order valence-electron chi connectivity index (χ3n) is 4.01. The van der Waals surface area contributed by atoms with Gasteiger partial charge in [0.2, 0.25) is 0 Å². The van der Waals surface area contributed by atoms with Crippen LogP contribution in [0.1, 0.15) is 44.2 Å². The van der Waals surface area contributed by atoms with E-state index in [2.05, 4.69) is 10.3 Å². The summed E-state index contributed by atoms with van der Waals surface area (Å²) in [6.07, 6.45) is 0.701. The maximum absolute atomic E-state index is 13.1. The predicted molar refractivity (Wildman–Crippen MR) is 67.9 cm³/mol. The average Bonchev–Trinajstić information content (AvgIpc) is 2.72. The third kappa shape index (κ3) is 2.91. The number of hydrogen-bond acceptors (Lipinski definition) is 2. The van der Waals surface area contributed by atoms with Crippen LogP contribution in [0, 0.1) is 0 Å². The van der Waals surface area contributed by atoms with Crippen molar-refractivity contribution in [2.75, 3.05) is 6.54 Å². The van der Waals surface area contributed by atoms with Gasteiger partial charge < -0.3 is 5.32 Å². The van der Waals surface area contributed by atoms with E-state index in [1.54, 1.807) is 0 Å². The van der Waals surface area contributed by atoms with Gasteiger partial charge in [-0.2, -0.15) is 13.2 Å². The van der Waals surface area contributed by atoms with Gasteiger partial charge in [0.1, 0.15) is 0 Å². The zero-order chi connectivity index (χ0) is 14.1. The Kier molecular flexibility index (Phi) is 3.85. The third-order valence-corrected chi connectivity index (χ3v) is 4.01. The first-order valence-corrected chi connectivity index (χ1v) is 6.62. The molecule has 0 radical (unpaired) electrons. The van der Waals surface area contributed by atoms with E-state index in [1.165, 1.54) is 12.4 Å². The van der Waals surface area contributed by atoms with Crippen LogP contribution in [0.4, 0.5) is 13.2 Å². The fourth-order valence-corrected chi connectivity index (χ4v) is 3.07. The first-order valence-electron chi connectivity index (χ1n) is 6.62. The van der Waals surface area contributed by atoms with E-state index in [1.807, 2.05) is 13.8 Å². The molecule has 2 rings (SSSR count). The van der Waals surface area contributed by atoms with Crippen LogP contribution in [-0.4, -0.2) is 17.6 Å². The van der Waals surface area contributed by atoms with E-state index in [0.717, 1.165) is 31.9 Å². The zero-order valence-electron chi connectivity index (χ0n) is 11.2. The lowest BCUT2D eigenvalue weighted by molar-refractivity contribution is -0.138. The average molecular weight is 272 g/mol. The highest BCUT2D eigenvalue weighted by Crippen LogP contribution is 2.45. The zero-order valence-corrected chi connectivity index (χ0v) is 11.2. The molecule has 1 aliphatic carbocycles. The SMILES string of the molecule is CCNC1CCC(C)(c2cnccc2C(F)(F)F)C1. The van der Waals surface area contributed by atoms with Crippen LogP contribution in [0.5, 0.6) is 0 Å². The molecule has 1 saturated carbocycles. The summed E-state index contributed by atoms with van der Waals surface area (Å²) in [5.74, 6) is 0. The van der Waals surface area contributed by atoms with Crippen LogP contribution >= 0.6 is 0 Å². The monoisotopic (exact) mass is 272 g/mol. The number of aromatic nitrogens is 1. The van der Waals surface area contributed by atoms with Crippen LogP contribution in [0.15, 0.2) is 18.5 Å². The van der Waals surface area contributed by atoms with Gasteiger partial charge in [-0.05, 0) is 42.9 Å². The molecule has 0 amide bonds. The Balaban J connectivity index is 2.32. The van der Waals surface area contributed by atoms with E-state index in [-0.39, 0.29) is 0 Å². The Morgan fingerprint density at radius 2 is 2.21 bits per heavy atom. The van der Waals surface area contributed by atoms with E-state index >= 15 is 0 Å². The summed E-state index contributed by atoms with van der Waals surface area (Å²) in [6, 6.07) is 1.39. The number of halogens is 3. The summed E-state index contributed by atoms with van der Waals surface area (Å²) >= 11 is 0. The van der Waals surface area contributed by atoms with E-state index < -0.39 is 17.2 Å². The number of alkyl halides is 3. The molecule has 106 valence electrons. The highest BCUT2D eigenvalue weighted by molar-refractivity contribution is 5.34. The molecule has 1 N–H and O–H groups in total. The van der Waals surface area contributed by atoms with Crippen LogP contribution in [0.3, 0.4) is 0 Å². The van der Waals surface area contributed by atoms with Gasteiger partial charge in [0, 0.05) is 18.4 Å². The molecule has 1 aromatic rings. The lowest BCUT2D eigenvalue weighted by Crippen LogP contribution is -2.30. The van der Waals surface area contributed by atoms with Gasteiger partial charge in [-0.25, -0.2) is 0 Å². The van der Waals surface area contributed by atoms with Gasteiger partial charge in [0.25, 0.3) is 0 Å². The smallest absolute Gasteiger partial charge is 0.314 e. The van der Waals surface area contributed by atoms with Crippen LogP contribution in [-0.2, 0) is 11.6 Å². The second kappa shape index (κ2) is 5.12. The highest BCUT2D eigenvalue weighted by Gasteiger charge is 2.43. The number of rotatable bonds is 3. The molecule has 2 nitrogen and oxygen atoms in total. The molecular weight excluding hydrogens is 253 g/mol. The van der Waals surface area contributed by atoms with Crippen molar-refractivity contribution in [3.63, 3.8) is 0 Å². The molecule has 0 bridgehead atoms. The number of hydrogen-bond donors (Lipinski definition) is 1. The summed E-state index contributed by atoms with van der Waals surface area (Å²) in [5, 5.41) is 3.33. The summed E-state index contributed by atoms with van der Waals surface area (Å²) in [5.41, 5.74) is -0.642. The molecule has 1 fully saturated rings. The minimum Gasteiger partial charge on any atom is -0.314 e. The minimum absolute atomic E-state index is 0.302. The van der Waals surface area contributed by atoms with Crippen LogP contribution < -0.4 is 5.32 Å². The van der Waals surface area contributed by atoms with Gasteiger partial charge >= 0.3 is 6.18 Å². The molecule has 0 spiro atoms. The van der Waals surface area contributed by atoms with E-state index in [9.17, 15) is 13.2 Å². The Morgan fingerprint density at radius 1 is 1.47 bits per heavy atom. The maximum atomic E-state index is 13.1. The van der Waals surface area contributed by atoms with Crippen molar-refractivity contribution in [2.45, 2.75) is 50.7 Å². The second-order valence-electron chi connectivity index (χ2n) is 5.48. The predicted octanol–water partition coefficient (Wildman–Crippen LogP) is 3.52. The fourth-order valence-electron chi connectivity index (χ4n) is 3.07. The molecule has 0 aliphatic heterocycles. The van der Waals surface area contributed by atoms with Gasteiger partial charge in [-0.3, -0.25) is 4.98 Å². The fraction of sp³-hybridized carbons (Fsp3) is 0.643. The molecule has 5 heteroatoms. The van der Waals surface area contributed by atoms with Gasteiger partial charge in [0.05, 0.1) is 5.56 Å². The van der Waals surface area contributed by atoms with Crippen molar-refractivity contribution in [2.24, 2.45) is 0 Å². The number of pyridine rings is 1. The van der Waals surface area contributed by atoms with E-state index in [0.29, 0.717) is 11.6 Å². The molecule has 2 unspecified atom stereocenters. The van der Waals surface area contributed by atoms with Crippen LogP contribution in [0.2, 0.25) is 0 Å². The maximum Gasteiger partial charge on any atom is 0.416 e. The highest BCUT2D eigenvalue weighted by atomic mass is 19.4. The van der Waals surface area contributed by atoms with Crippen molar-refractivity contribution in [3.05, 3.63) is 29.6 Å². The van der Waals surface area contributed by atoms with E-state index in [4.69, 9.17) is 0 Å². The van der Waals surface area contributed by atoms with Crippen molar-refractivity contribution >= 4 is 0 Å². The molecule has 1 aliphatic rings. The topological polar surface area (TPSA) is 24.9 Å². The lowest BCUT2D eigenvalue weighted by Gasteiger charge is -2.28. The molecule has 19 heavy (non-hydrogen) atoms. The van der Waals surface area contributed by atoms with Crippen molar-refractivity contribution in [1.29, 1.82) is 0 Å². The second-order valence-corrected chi connectivity index (χ2v) is 5.48. The molecule has 0 aromatic carbocycles. The first kappa shape index (κ1) is 14.3. The van der Waals surface area contributed by atoms with Gasteiger partial charge in [0.15, 0.2) is 0 Å². The molecule has 2 atom stereocenters. The van der Waals surface area contributed by atoms with Gasteiger partial charge in [-0.1, -0.05) is 13.8 Å². The van der Waals surface area contributed by atoms with Crippen molar-refractivity contribution < 1.29 is 13.2 Å². The Bertz CT molecular complexity index is 445. The van der Waals surface area contributed by atoms with Gasteiger partial charge in [-0.15, -0.1) is 0 Å². The standard InChI is InChI=1S/C14H19F3N2/c1-3-19-10-4-6-13(2,8-10)12-9-18-7-5-11(12)14(15,16)17/h5,7,9-10,19H,3-4,6,8H2,1-2H3. The quantitative estimate of drug-likeness (QED) is 0.910. The normalized spacial score (nSPS) is 27.7. The van der Waals surface area contributed by atoms with Crippen molar-refractivity contribution in [3.8, 4) is 0 Å². The largest absolute Gasteiger partial charge is 0.416 e. The summed E-state index contributed by atoms with van der Waals surface area (Å²) < 4.78 is 39.2. The van der Waals surface area contributed by atoms with Crippen LogP contribution in [0.25, 0.3) is 0 Å². The lowest BCUT2D eigenvalue weighted by atomic mass is 9.79. The Morgan fingerprint density at radius 3 is 2.84 bits per heavy atom. The summed E-state index contributed by atoms with van der Waals surface area (Å²) in [4.78, 5) is 3.90. The number of nitrogens with one attached hydrogen (secondary N) is 1. The minimum atomic E-state index is -4.31. The molecule has 1 aromatic heterocycles. The summed E-state index contributed by atoms with van der Waals surface area (Å²) in [7, 11) is 0. The Labute approximate surface area is 111 Å². The molecule has 0 saturated heterocycles. The summed E-state index contributed by atoms with van der Waals surface area (Å²) in [6.45, 7) is 4.78. The first-order chi connectivity index (χ1) is 8.87. The Hall–Kier alpha value is -1.10. The molecular formula is C14H19F3N2. The molecule has 1 heterocycles.